The number of carbonyl (C=O) groups excluding carboxylic acids is 1. The lowest BCUT2D eigenvalue weighted by atomic mass is 10.1. The molecule has 0 aliphatic heterocycles. The van der Waals surface area contributed by atoms with E-state index in [0.29, 0.717) is 6.04 Å². The second-order valence-corrected chi connectivity index (χ2v) is 5.44. The van der Waals surface area contributed by atoms with Crippen LogP contribution < -0.4 is 10.6 Å². The van der Waals surface area contributed by atoms with Gasteiger partial charge in [-0.1, -0.05) is 25.5 Å². The number of benzene rings is 1. The Bertz CT molecular complexity index is 413. The van der Waals surface area contributed by atoms with Crippen LogP contribution in [0.2, 0.25) is 0 Å². The smallest absolute Gasteiger partial charge is 0.251 e. The van der Waals surface area contributed by atoms with Gasteiger partial charge in [0.15, 0.2) is 0 Å². The van der Waals surface area contributed by atoms with Gasteiger partial charge in [-0.05, 0) is 42.9 Å². The van der Waals surface area contributed by atoms with Crippen molar-refractivity contribution < 1.29 is 4.79 Å². The van der Waals surface area contributed by atoms with Crippen LogP contribution >= 0.6 is 0 Å². The molecule has 2 rings (SSSR count). The molecule has 104 valence electrons. The van der Waals surface area contributed by atoms with E-state index in [1.165, 1.54) is 31.2 Å². The monoisotopic (exact) mass is 260 g/mol. The molecule has 1 aliphatic carbocycles. The second kappa shape index (κ2) is 6.71. The summed E-state index contributed by atoms with van der Waals surface area (Å²) in [5.74, 6) is 0.884. The Hall–Kier alpha value is -1.35. The molecule has 0 saturated heterocycles. The highest BCUT2D eigenvalue weighted by Gasteiger charge is 2.22. The van der Waals surface area contributed by atoms with E-state index in [1.807, 2.05) is 24.3 Å². The molecule has 0 heterocycles. The lowest BCUT2D eigenvalue weighted by Crippen LogP contribution is -2.26. The van der Waals surface area contributed by atoms with Crippen LogP contribution in [0.15, 0.2) is 24.3 Å². The Kier molecular flexibility index (Phi) is 4.97. The first-order valence-corrected chi connectivity index (χ1v) is 7.27. The fourth-order valence-corrected chi connectivity index (χ4v) is 2.81. The lowest BCUT2D eigenvalue weighted by Gasteiger charge is -2.13. The van der Waals surface area contributed by atoms with Gasteiger partial charge in [0.2, 0.25) is 0 Å². The first kappa shape index (κ1) is 14.1. The molecule has 1 aromatic carbocycles. The number of carbonyl (C=O) groups is 1. The molecule has 0 spiro atoms. The number of rotatable bonds is 5. The Morgan fingerprint density at radius 1 is 1.26 bits per heavy atom. The lowest BCUT2D eigenvalue weighted by molar-refractivity contribution is 0.0963. The van der Waals surface area contributed by atoms with Gasteiger partial charge in [0.25, 0.3) is 5.91 Å². The maximum Gasteiger partial charge on any atom is 0.251 e. The van der Waals surface area contributed by atoms with Crippen LogP contribution in [0.3, 0.4) is 0 Å². The molecule has 3 heteroatoms. The second-order valence-electron chi connectivity index (χ2n) is 5.44. The third kappa shape index (κ3) is 3.80. The Morgan fingerprint density at radius 2 is 2.00 bits per heavy atom. The Morgan fingerprint density at radius 3 is 2.58 bits per heavy atom. The van der Waals surface area contributed by atoms with Crippen LogP contribution in [-0.2, 0) is 6.54 Å². The molecule has 1 aliphatic rings. The first-order valence-electron chi connectivity index (χ1n) is 7.27. The molecule has 2 atom stereocenters. The first-order chi connectivity index (χ1) is 9.22. The summed E-state index contributed by atoms with van der Waals surface area (Å²) in [6.45, 7) is 3.18. The fourth-order valence-electron chi connectivity index (χ4n) is 2.81. The molecule has 19 heavy (non-hydrogen) atoms. The van der Waals surface area contributed by atoms with Gasteiger partial charge >= 0.3 is 0 Å². The van der Waals surface area contributed by atoms with Crippen LogP contribution in [0.25, 0.3) is 0 Å². The van der Waals surface area contributed by atoms with Crippen molar-refractivity contribution in [3.05, 3.63) is 35.4 Å². The van der Waals surface area contributed by atoms with E-state index in [4.69, 9.17) is 0 Å². The highest BCUT2D eigenvalue weighted by atomic mass is 16.1. The molecular formula is C16H24N2O. The van der Waals surface area contributed by atoms with Gasteiger partial charge < -0.3 is 10.6 Å². The van der Waals surface area contributed by atoms with Crippen molar-refractivity contribution in [3.8, 4) is 0 Å². The molecule has 1 aromatic rings. The summed E-state index contributed by atoms with van der Waals surface area (Å²) in [5, 5.41) is 6.26. The van der Waals surface area contributed by atoms with E-state index in [-0.39, 0.29) is 5.91 Å². The van der Waals surface area contributed by atoms with Crippen molar-refractivity contribution in [1.82, 2.24) is 10.6 Å². The molecule has 1 saturated carbocycles. The zero-order chi connectivity index (χ0) is 13.7. The van der Waals surface area contributed by atoms with Gasteiger partial charge in [-0.3, -0.25) is 4.79 Å². The standard InChI is InChI=1S/C16H24N2O/c1-3-12-6-9-15(10-12)18-11-13-4-7-14(8-5-13)16(19)17-2/h4-5,7-8,12,15,18H,3,6,9-11H2,1-2H3,(H,17,19). The van der Waals surface area contributed by atoms with Crippen LogP contribution in [-0.4, -0.2) is 19.0 Å². The summed E-state index contributed by atoms with van der Waals surface area (Å²) >= 11 is 0. The predicted octanol–water partition coefficient (Wildman–Crippen LogP) is 2.71. The maximum atomic E-state index is 11.4. The van der Waals surface area contributed by atoms with Crippen LogP contribution in [0.5, 0.6) is 0 Å². The van der Waals surface area contributed by atoms with Crippen molar-refractivity contribution in [2.75, 3.05) is 7.05 Å². The van der Waals surface area contributed by atoms with Gasteiger partial charge in [0, 0.05) is 25.2 Å². The molecule has 1 fully saturated rings. The van der Waals surface area contributed by atoms with E-state index in [1.54, 1.807) is 7.05 Å². The minimum atomic E-state index is -0.0268. The van der Waals surface area contributed by atoms with Gasteiger partial charge in [0.1, 0.15) is 0 Å². The summed E-state index contributed by atoms with van der Waals surface area (Å²) < 4.78 is 0. The predicted molar refractivity (Wildman–Crippen MR) is 78.1 cm³/mol. The number of amides is 1. The highest BCUT2D eigenvalue weighted by molar-refractivity contribution is 5.93. The van der Waals surface area contributed by atoms with Crippen molar-refractivity contribution in [2.24, 2.45) is 5.92 Å². The fraction of sp³-hybridized carbons (Fsp3) is 0.562. The van der Waals surface area contributed by atoms with Gasteiger partial charge in [-0.2, -0.15) is 0 Å². The van der Waals surface area contributed by atoms with Gasteiger partial charge in [0.05, 0.1) is 0 Å². The average molecular weight is 260 g/mol. The largest absolute Gasteiger partial charge is 0.355 e. The summed E-state index contributed by atoms with van der Waals surface area (Å²) in [6, 6.07) is 8.51. The Balaban J connectivity index is 1.82. The SMILES string of the molecule is CCC1CCC(NCc2ccc(C(=O)NC)cc2)C1. The molecule has 1 amide bonds. The van der Waals surface area contributed by atoms with Crippen LogP contribution in [0.4, 0.5) is 0 Å². The van der Waals surface area contributed by atoms with Gasteiger partial charge in [-0.25, -0.2) is 0 Å². The minimum absolute atomic E-state index is 0.0268. The topological polar surface area (TPSA) is 41.1 Å². The van der Waals surface area contributed by atoms with Gasteiger partial charge in [-0.15, -0.1) is 0 Å². The van der Waals surface area contributed by atoms with Crippen LogP contribution in [0.1, 0.15) is 48.5 Å². The quantitative estimate of drug-likeness (QED) is 0.854. The highest BCUT2D eigenvalue weighted by Crippen LogP contribution is 2.27. The molecule has 2 N–H and O–H groups in total. The van der Waals surface area contributed by atoms with E-state index < -0.39 is 0 Å². The van der Waals surface area contributed by atoms with Crippen LogP contribution in [0, 0.1) is 5.92 Å². The molecule has 2 unspecified atom stereocenters. The summed E-state index contributed by atoms with van der Waals surface area (Å²) in [4.78, 5) is 11.4. The van der Waals surface area contributed by atoms with Crippen molar-refractivity contribution in [3.63, 3.8) is 0 Å². The number of nitrogens with one attached hydrogen (secondary N) is 2. The van der Waals surface area contributed by atoms with E-state index in [2.05, 4.69) is 17.6 Å². The number of hydrogen-bond acceptors (Lipinski definition) is 2. The molecule has 0 bridgehead atoms. The molecule has 0 aromatic heterocycles. The maximum absolute atomic E-state index is 11.4. The van der Waals surface area contributed by atoms with E-state index in [9.17, 15) is 4.79 Å². The zero-order valence-corrected chi connectivity index (χ0v) is 11.9. The Labute approximate surface area is 115 Å². The van der Waals surface area contributed by atoms with E-state index >= 15 is 0 Å². The van der Waals surface area contributed by atoms with Crippen molar-refractivity contribution in [2.45, 2.75) is 45.2 Å². The summed E-state index contributed by atoms with van der Waals surface area (Å²) in [5.41, 5.74) is 1.96. The minimum Gasteiger partial charge on any atom is -0.355 e. The third-order valence-electron chi connectivity index (χ3n) is 4.16. The average Bonchev–Trinajstić information content (AvgIpc) is 2.93. The molecule has 3 nitrogen and oxygen atoms in total. The summed E-state index contributed by atoms with van der Waals surface area (Å²) in [6.07, 6.45) is 5.28. The normalized spacial score (nSPS) is 22.4. The van der Waals surface area contributed by atoms with E-state index in [0.717, 1.165) is 18.0 Å². The molecular weight excluding hydrogens is 236 g/mol. The van der Waals surface area contributed by atoms with Crippen molar-refractivity contribution >= 4 is 5.91 Å². The summed E-state index contributed by atoms with van der Waals surface area (Å²) in [7, 11) is 1.65. The zero-order valence-electron chi connectivity index (χ0n) is 11.9. The van der Waals surface area contributed by atoms with Crippen molar-refractivity contribution in [1.29, 1.82) is 0 Å². The molecule has 0 radical (unpaired) electrons. The third-order valence-corrected chi connectivity index (χ3v) is 4.16. The number of hydrogen-bond donors (Lipinski definition) is 2.